The molecule has 0 aliphatic carbocycles. The van der Waals surface area contributed by atoms with Crippen LogP contribution in [0.4, 0.5) is 0 Å². The van der Waals surface area contributed by atoms with Crippen LogP contribution < -0.4 is 19.5 Å². The number of nitrogens with zero attached hydrogens (tertiary/aromatic N) is 1. The molecule has 2 heterocycles. The molecule has 0 radical (unpaired) electrons. The predicted molar refractivity (Wildman–Crippen MR) is 81.4 cm³/mol. The Morgan fingerprint density at radius 1 is 1.24 bits per heavy atom. The van der Waals surface area contributed by atoms with E-state index in [9.17, 15) is 0 Å². The lowest BCUT2D eigenvalue weighted by atomic mass is 10.1. The summed E-state index contributed by atoms with van der Waals surface area (Å²) in [7, 11) is 0. The smallest absolute Gasteiger partial charge is 0.221 e. The molecule has 3 rings (SSSR count). The van der Waals surface area contributed by atoms with Crippen LogP contribution in [0.25, 0.3) is 10.8 Å². The van der Waals surface area contributed by atoms with Crippen molar-refractivity contribution in [1.29, 1.82) is 0 Å². The Labute approximate surface area is 124 Å². The normalized spacial score (nSPS) is 13.7. The van der Waals surface area contributed by atoms with Crippen molar-refractivity contribution in [3.63, 3.8) is 0 Å². The van der Waals surface area contributed by atoms with Crippen molar-refractivity contribution in [1.82, 2.24) is 10.3 Å². The molecular formula is C16H20N2O3. The van der Waals surface area contributed by atoms with Gasteiger partial charge in [0.15, 0.2) is 11.5 Å². The lowest BCUT2D eigenvalue weighted by Crippen LogP contribution is -2.27. The molecule has 0 amide bonds. The van der Waals surface area contributed by atoms with Gasteiger partial charge < -0.3 is 19.5 Å². The van der Waals surface area contributed by atoms with Gasteiger partial charge in [0.1, 0.15) is 19.8 Å². The van der Waals surface area contributed by atoms with Gasteiger partial charge >= 0.3 is 0 Å². The first-order valence-electron chi connectivity index (χ1n) is 7.28. The highest BCUT2D eigenvalue weighted by atomic mass is 16.6. The molecule has 0 saturated carbocycles. The number of pyridine rings is 1. The second kappa shape index (κ2) is 6.18. The predicted octanol–water partition coefficient (Wildman–Crippen LogP) is 2.38. The van der Waals surface area contributed by atoms with E-state index in [1.165, 1.54) is 0 Å². The lowest BCUT2D eigenvalue weighted by Gasteiger charge is -2.19. The van der Waals surface area contributed by atoms with E-state index in [4.69, 9.17) is 14.2 Å². The van der Waals surface area contributed by atoms with E-state index in [1.54, 1.807) is 6.20 Å². The van der Waals surface area contributed by atoms with Crippen LogP contribution in [0.2, 0.25) is 0 Å². The van der Waals surface area contributed by atoms with Gasteiger partial charge in [0.05, 0.1) is 0 Å². The molecular weight excluding hydrogens is 268 g/mol. The molecule has 1 aliphatic heterocycles. The van der Waals surface area contributed by atoms with E-state index in [0.29, 0.717) is 31.7 Å². The van der Waals surface area contributed by atoms with Gasteiger partial charge in [0.25, 0.3) is 0 Å². The molecule has 0 bridgehead atoms. The Morgan fingerprint density at radius 2 is 2.00 bits per heavy atom. The summed E-state index contributed by atoms with van der Waals surface area (Å²) < 4.78 is 17.0. The van der Waals surface area contributed by atoms with Crippen molar-refractivity contribution < 1.29 is 14.2 Å². The molecule has 0 fully saturated rings. The number of fused-ring (bicyclic) bond motifs is 2. The van der Waals surface area contributed by atoms with Crippen LogP contribution in [0.3, 0.4) is 0 Å². The number of hydrogen-bond acceptors (Lipinski definition) is 5. The molecule has 21 heavy (non-hydrogen) atoms. The van der Waals surface area contributed by atoms with Crippen molar-refractivity contribution >= 4 is 10.8 Å². The van der Waals surface area contributed by atoms with E-state index in [2.05, 4.69) is 24.1 Å². The third-order valence-corrected chi connectivity index (χ3v) is 3.28. The van der Waals surface area contributed by atoms with Gasteiger partial charge in [-0.1, -0.05) is 13.8 Å². The molecule has 0 atom stereocenters. The molecule has 1 aromatic carbocycles. The van der Waals surface area contributed by atoms with Crippen molar-refractivity contribution in [2.75, 3.05) is 26.4 Å². The van der Waals surface area contributed by atoms with Gasteiger partial charge in [-0.15, -0.1) is 0 Å². The summed E-state index contributed by atoms with van der Waals surface area (Å²) in [5, 5.41) is 5.31. The van der Waals surface area contributed by atoms with E-state index >= 15 is 0 Å². The Bertz CT molecular complexity index is 628. The zero-order chi connectivity index (χ0) is 14.7. The number of rotatable bonds is 5. The van der Waals surface area contributed by atoms with E-state index in [1.807, 2.05) is 18.2 Å². The topological polar surface area (TPSA) is 52.6 Å². The Hall–Kier alpha value is -2.01. The molecule has 1 N–H and O–H groups in total. The summed E-state index contributed by atoms with van der Waals surface area (Å²) >= 11 is 0. The second-order valence-corrected chi connectivity index (χ2v) is 5.29. The number of hydrogen-bond donors (Lipinski definition) is 1. The minimum atomic E-state index is 0.451. The van der Waals surface area contributed by atoms with Crippen LogP contribution in [0.15, 0.2) is 24.4 Å². The van der Waals surface area contributed by atoms with Crippen LogP contribution in [0.5, 0.6) is 17.4 Å². The maximum Gasteiger partial charge on any atom is 0.221 e. The first-order chi connectivity index (χ1) is 10.2. The van der Waals surface area contributed by atoms with Crippen LogP contribution in [-0.4, -0.2) is 37.4 Å². The Morgan fingerprint density at radius 3 is 2.76 bits per heavy atom. The fraction of sp³-hybridized carbons (Fsp3) is 0.438. The highest BCUT2D eigenvalue weighted by molar-refractivity contribution is 5.89. The maximum atomic E-state index is 5.79. The molecule has 5 nitrogen and oxygen atoms in total. The average Bonchev–Trinajstić information content (AvgIpc) is 2.49. The number of ether oxygens (including phenoxy) is 3. The first kappa shape index (κ1) is 13.9. The van der Waals surface area contributed by atoms with Crippen molar-refractivity contribution in [2.24, 2.45) is 0 Å². The van der Waals surface area contributed by atoms with Crippen LogP contribution in [0.1, 0.15) is 13.8 Å². The zero-order valence-corrected chi connectivity index (χ0v) is 12.4. The van der Waals surface area contributed by atoms with Crippen LogP contribution in [-0.2, 0) is 0 Å². The Balaban J connectivity index is 1.81. The maximum absolute atomic E-state index is 5.79. The number of aromatic nitrogens is 1. The number of nitrogens with one attached hydrogen (secondary N) is 1. The van der Waals surface area contributed by atoms with Crippen molar-refractivity contribution in [3.8, 4) is 17.4 Å². The second-order valence-electron chi connectivity index (χ2n) is 5.29. The van der Waals surface area contributed by atoms with Gasteiger partial charge in [0.2, 0.25) is 5.88 Å². The van der Waals surface area contributed by atoms with E-state index in [0.717, 1.165) is 28.8 Å². The molecule has 2 aromatic rings. The van der Waals surface area contributed by atoms with Gasteiger partial charge in [0, 0.05) is 24.2 Å². The molecule has 0 saturated heterocycles. The molecule has 5 heteroatoms. The third-order valence-electron chi connectivity index (χ3n) is 3.28. The average molecular weight is 288 g/mol. The fourth-order valence-corrected chi connectivity index (χ4v) is 2.29. The monoisotopic (exact) mass is 288 g/mol. The Kier molecular flexibility index (Phi) is 4.10. The summed E-state index contributed by atoms with van der Waals surface area (Å²) in [5.41, 5.74) is 0. The van der Waals surface area contributed by atoms with Crippen molar-refractivity contribution in [3.05, 3.63) is 24.4 Å². The summed E-state index contributed by atoms with van der Waals surface area (Å²) in [5.74, 6) is 2.18. The van der Waals surface area contributed by atoms with Gasteiger partial charge in [-0.05, 0) is 23.6 Å². The van der Waals surface area contributed by atoms with Crippen LogP contribution >= 0.6 is 0 Å². The molecule has 0 unspecified atom stereocenters. The van der Waals surface area contributed by atoms with Crippen molar-refractivity contribution in [2.45, 2.75) is 19.9 Å². The standard InChI is InChI=1S/C16H20N2O3/c1-11(2)17-5-6-21-16-13-10-15-14(19-7-8-20-15)9-12(13)3-4-18-16/h3-4,9-11,17H,5-8H2,1-2H3. The van der Waals surface area contributed by atoms with E-state index in [-0.39, 0.29) is 0 Å². The molecule has 1 aliphatic rings. The quantitative estimate of drug-likeness (QED) is 0.856. The van der Waals surface area contributed by atoms with Gasteiger partial charge in [-0.2, -0.15) is 0 Å². The third kappa shape index (κ3) is 3.19. The summed E-state index contributed by atoms with van der Waals surface area (Å²) in [6, 6.07) is 6.33. The lowest BCUT2D eigenvalue weighted by molar-refractivity contribution is 0.172. The highest BCUT2D eigenvalue weighted by Gasteiger charge is 2.15. The first-order valence-corrected chi connectivity index (χ1v) is 7.28. The van der Waals surface area contributed by atoms with E-state index < -0.39 is 0 Å². The summed E-state index contributed by atoms with van der Waals surface area (Å²) in [6.45, 7) is 6.76. The SMILES string of the molecule is CC(C)NCCOc1nccc2cc3c(cc12)OCCO3. The highest BCUT2D eigenvalue weighted by Crippen LogP contribution is 2.37. The van der Waals surface area contributed by atoms with Gasteiger partial charge in [-0.25, -0.2) is 4.98 Å². The molecule has 112 valence electrons. The zero-order valence-electron chi connectivity index (χ0n) is 12.4. The molecule has 1 aromatic heterocycles. The minimum Gasteiger partial charge on any atom is -0.486 e. The fourth-order valence-electron chi connectivity index (χ4n) is 2.29. The molecule has 0 spiro atoms. The summed E-state index contributed by atoms with van der Waals surface area (Å²) in [4.78, 5) is 4.33. The largest absolute Gasteiger partial charge is 0.486 e. The summed E-state index contributed by atoms with van der Waals surface area (Å²) in [6.07, 6.45) is 1.75. The minimum absolute atomic E-state index is 0.451. The van der Waals surface area contributed by atoms with Gasteiger partial charge in [-0.3, -0.25) is 0 Å². The van der Waals surface area contributed by atoms with Crippen LogP contribution in [0, 0.1) is 0 Å². The number of benzene rings is 1.